The molecule has 0 spiro atoms. The van der Waals surface area contributed by atoms with Crippen LogP contribution in [-0.4, -0.2) is 42.4 Å². The number of carbonyl (C=O) groups excluding carboxylic acids is 2. The minimum atomic E-state index is -0.279. The maximum Gasteiger partial charge on any atom is 0.225 e. The second kappa shape index (κ2) is 5.71. The molecule has 1 amide bonds. The molecule has 1 atom stereocenters. The van der Waals surface area contributed by atoms with Crippen molar-refractivity contribution < 1.29 is 14.7 Å². The van der Waals surface area contributed by atoms with Gasteiger partial charge in [0.1, 0.15) is 6.29 Å². The number of hydrogen-bond donors (Lipinski definition) is 1. The van der Waals surface area contributed by atoms with E-state index >= 15 is 0 Å². The summed E-state index contributed by atoms with van der Waals surface area (Å²) in [5, 5.41) is 8.53. The van der Waals surface area contributed by atoms with Gasteiger partial charge >= 0.3 is 0 Å². The molecule has 0 aromatic carbocycles. The highest BCUT2D eigenvalue weighted by Crippen LogP contribution is 2.03. The molecule has 0 aliphatic carbocycles. The number of hydrogen-bond acceptors (Lipinski definition) is 3. The van der Waals surface area contributed by atoms with Crippen molar-refractivity contribution in [1.82, 2.24) is 4.90 Å². The lowest BCUT2D eigenvalue weighted by atomic mass is 10.1. The lowest BCUT2D eigenvalue weighted by Gasteiger charge is -2.18. The molecule has 70 valence electrons. The first-order chi connectivity index (χ1) is 5.63. The van der Waals surface area contributed by atoms with E-state index in [1.165, 1.54) is 4.90 Å². The highest BCUT2D eigenvalue weighted by atomic mass is 16.3. The average Bonchev–Trinajstić information content (AvgIpc) is 2.04. The highest BCUT2D eigenvalue weighted by Gasteiger charge is 2.15. The Balaban J connectivity index is 3.90. The van der Waals surface area contributed by atoms with Gasteiger partial charge < -0.3 is 14.8 Å². The van der Waals surface area contributed by atoms with Crippen molar-refractivity contribution >= 4 is 12.2 Å². The molecule has 0 aliphatic heterocycles. The number of likely N-dealkylation sites (N-methyl/N-ethyl adjacent to an activating group) is 1. The maximum absolute atomic E-state index is 11.3. The molecule has 4 nitrogen and oxygen atoms in total. The summed E-state index contributed by atoms with van der Waals surface area (Å²) in [6, 6.07) is 0. The Morgan fingerprint density at radius 1 is 1.67 bits per heavy atom. The molecule has 0 rings (SSSR count). The molecule has 0 radical (unpaired) electrons. The van der Waals surface area contributed by atoms with Gasteiger partial charge in [0.15, 0.2) is 0 Å². The number of amides is 1. The largest absolute Gasteiger partial charge is 0.395 e. The van der Waals surface area contributed by atoms with Crippen LogP contribution in [0.15, 0.2) is 0 Å². The third kappa shape index (κ3) is 3.48. The fourth-order valence-corrected chi connectivity index (χ4v) is 0.882. The maximum atomic E-state index is 11.3. The summed E-state index contributed by atoms with van der Waals surface area (Å²) in [6.07, 6.45) is 0.976. The van der Waals surface area contributed by atoms with Crippen LogP contribution >= 0.6 is 0 Å². The molecule has 0 bridgehead atoms. The molecule has 4 heteroatoms. The first-order valence-electron chi connectivity index (χ1n) is 3.93. The molecule has 0 fully saturated rings. The Kier molecular flexibility index (Phi) is 5.28. The fourth-order valence-electron chi connectivity index (χ4n) is 0.882. The Hall–Kier alpha value is -0.900. The zero-order valence-electron chi connectivity index (χ0n) is 7.49. The predicted octanol–water partition coefficient (Wildman–Crippen LogP) is -0.338. The van der Waals surface area contributed by atoms with E-state index in [0.29, 0.717) is 6.54 Å². The number of rotatable bonds is 5. The first-order valence-corrected chi connectivity index (χ1v) is 3.93. The Morgan fingerprint density at radius 3 is 2.67 bits per heavy atom. The van der Waals surface area contributed by atoms with E-state index in [1.807, 2.05) is 0 Å². The second-order valence-corrected chi connectivity index (χ2v) is 2.79. The lowest BCUT2D eigenvalue weighted by molar-refractivity contribution is -0.135. The normalized spacial score (nSPS) is 12.2. The van der Waals surface area contributed by atoms with E-state index in [0.717, 1.165) is 6.29 Å². The molecule has 1 N–H and O–H groups in total. The van der Waals surface area contributed by atoms with Crippen molar-refractivity contribution in [2.24, 2.45) is 5.92 Å². The molecule has 12 heavy (non-hydrogen) atoms. The van der Waals surface area contributed by atoms with Crippen molar-refractivity contribution in [1.29, 1.82) is 0 Å². The predicted molar refractivity (Wildman–Crippen MR) is 44.6 cm³/mol. The van der Waals surface area contributed by atoms with Gasteiger partial charge in [0, 0.05) is 25.9 Å². The molecule has 0 aliphatic rings. The van der Waals surface area contributed by atoms with Gasteiger partial charge in [-0.05, 0) is 0 Å². The van der Waals surface area contributed by atoms with Crippen molar-refractivity contribution in [3.8, 4) is 0 Å². The fraction of sp³-hybridized carbons (Fsp3) is 0.750. The average molecular weight is 173 g/mol. The Bertz CT molecular complexity index is 158. The van der Waals surface area contributed by atoms with Crippen LogP contribution in [-0.2, 0) is 9.59 Å². The third-order valence-corrected chi connectivity index (χ3v) is 1.68. The van der Waals surface area contributed by atoms with E-state index < -0.39 is 0 Å². The van der Waals surface area contributed by atoms with Gasteiger partial charge in [-0.1, -0.05) is 6.92 Å². The first kappa shape index (κ1) is 11.1. The number of aldehydes is 1. The number of aliphatic hydroxyl groups is 1. The van der Waals surface area contributed by atoms with Crippen LogP contribution in [0.2, 0.25) is 0 Å². The topological polar surface area (TPSA) is 57.6 Å². The summed E-state index contributed by atoms with van der Waals surface area (Å²) in [7, 11) is 1.61. The molecule has 0 heterocycles. The summed E-state index contributed by atoms with van der Waals surface area (Å²) in [5.74, 6) is -0.379. The summed E-state index contributed by atoms with van der Waals surface area (Å²) >= 11 is 0. The van der Waals surface area contributed by atoms with Crippen molar-refractivity contribution in [3.05, 3.63) is 0 Å². The second-order valence-electron chi connectivity index (χ2n) is 2.79. The van der Waals surface area contributed by atoms with Crippen molar-refractivity contribution in [2.45, 2.75) is 13.3 Å². The molecule has 0 saturated carbocycles. The van der Waals surface area contributed by atoms with E-state index in [4.69, 9.17) is 5.11 Å². The SMILES string of the molecule is CC(CC=O)C(=O)N(C)CCO. The van der Waals surface area contributed by atoms with Gasteiger partial charge in [-0.3, -0.25) is 4.79 Å². The minimum absolute atomic E-state index is 0.0456. The van der Waals surface area contributed by atoms with E-state index in [-0.39, 0.29) is 24.9 Å². The van der Waals surface area contributed by atoms with Crippen LogP contribution in [0.5, 0.6) is 0 Å². The quantitative estimate of drug-likeness (QED) is 0.579. The molecule has 1 unspecified atom stereocenters. The summed E-state index contributed by atoms with van der Waals surface area (Å²) in [6.45, 7) is 1.97. The molecule has 0 saturated heterocycles. The van der Waals surface area contributed by atoms with Gasteiger partial charge in [-0.25, -0.2) is 0 Å². The Morgan fingerprint density at radius 2 is 2.25 bits per heavy atom. The van der Waals surface area contributed by atoms with E-state index in [2.05, 4.69) is 0 Å². The van der Waals surface area contributed by atoms with Crippen LogP contribution in [0.4, 0.5) is 0 Å². The molecule has 0 aromatic heterocycles. The summed E-state index contributed by atoms with van der Waals surface area (Å²) in [4.78, 5) is 22.8. The van der Waals surface area contributed by atoms with Gasteiger partial charge in [0.25, 0.3) is 0 Å². The molecular weight excluding hydrogens is 158 g/mol. The highest BCUT2D eigenvalue weighted by molar-refractivity contribution is 5.80. The molecule has 0 aromatic rings. The number of nitrogens with zero attached hydrogens (tertiary/aromatic N) is 1. The van der Waals surface area contributed by atoms with Crippen LogP contribution in [0, 0.1) is 5.92 Å². The number of carbonyl (C=O) groups is 2. The van der Waals surface area contributed by atoms with Crippen LogP contribution in [0.1, 0.15) is 13.3 Å². The summed E-state index contributed by atoms with van der Waals surface area (Å²) in [5.41, 5.74) is 0. The Labute approximate surface area is 72.2 Å². The van der Waals surface area contributed by atoms with Gasteiger partial charge in [0.05, 0.1) is 6.61 Å². The van der Waals surface area contributed by atoms with Crippen LogP contribution < -0.4 is 0 Å². The van der Waals surface area contributed by atoms with Crippen molar-refractivity contribution in [3.63, 3.8) is 0 Å². The smallest absolute Gasteiger partial charge is 0.225 e. The lowest BCUT2D eigenvalue weighted by Crippen LogP contribution is -2.33. The monoisotopic (exact) mass is 173 g/mol. The minimum Gasteiger partial charge on any atom is -0.395 e. The van der Waals surface area contributed by atoms with E-state index in [1.54, 1.807) is 14.0 Å². The van der Waals surface area contributed by atoms with Crippen molar-refractivity contribution in [2.75, 3.05) is 20.2 Å². The number of aliphatic hydroxyl groups excluding tert-OH is 1. The third-order valence-electron chi connectivity index (χ3n) is 1.68. The zero-order chi connectivity index (χ0) is 9.56. The van der Waals surface area contributed by atoms with Gasteiger partial charge in [-0.2, -0.15) is 0 Å². The van der Waals surface area contributed by atoms with Gasteiger partial charge in [0.2, 0.25) is 5.91 Å². The van der Waals surface area contributed by atoms with Crippen LogP contribution in [0.25, 0.3) is 0 Å². The summed E-state index contributed by atoms with van der Waals surface area (Å²) < 4.78 is 0. The molecular formula is C8H15NO3. The zero-order valence-corrected chi connectivity index (χ0v) is 7.49. The van der Waals surface area contributed by atoms with Crippen LogP contribution in [0.3, 0.4) is 0 Å². The van der Waals surface area contributed by atoms with E-state index in [9.17, 15) is 9.59 Å². The standard InChI is InChI=1S/C8H15NO3/c1-7(3-5-10)8(12)9(2)4-6-11/h5,7,11H,3-4,6H2,1-2H3. The van der Waals surface area contributed by atoms with Gasteiger partial charge in [-0.15, -0.1) is 0 Å².